The Morgan fingerprint density at radius 2 is 1.91 bits per heavy atom. The van der Waals surface area contributed by atoms with Crippen molar-refractivity contribution in [1.29, 1.82) is 0 Å². The van der Waals surface area contributed by atoms with Gasteiger partial charge in [0.15, 0.2) is 11.5 Å². The van der Waals surface area contributed by atoms with Crippen molar-refractivity contribution in [2.45, 2.75) is 33.0 Å². The highest BCUT2D eigenvalue weighted by molar-refractivity contribution is 5.82. The number of fused-ring (bicyclic) bond motifs is 1. The molecule has 0 bridgehead atoms. The maximum absolute atomic E-state index is 9.83. The Kier molecular flexibility index (Phi) is 4.26. The molecule has 3 rings (SSSR count). The van der Waals surface area contributed by atoms with E-state index < -0.39 is 0 Å². The molecule has 3 N–H and O–H groups in total. The second kappa shape index (κ2) is 6.34. The number of ether oxygens (including phenoxy) is 1. The zero-order chi connectivity index (χ0) is 16.4. The number of aromatic hydroxyl groups is 1. The van der Waals surface area contributed by atoms with Crippen molar-refractivity contribution in [3.8, 4) is 11.5 Å². The van der Waals surface area contributed by atoms with Crippen LogP contribution in [0.4, 0.5) is 0 Å². The van der Waals surface area contributed by atoms with E-state index in [1.807, 2.05) is 6.07 Å². The van der Waals surface area contributed by atoms with E-state index in [0.717, 1.165) is 11.3 Å². The van der Waals surface area contributed by atoms with Crippen molar-refractivity contribution in [1.82, 2.24) is 4.57 Å². The first-order valence-corrected chi connectivity index (χ1v) is 7.83. The van der Waals surface area contributed by atoms with Crippen LogP contribution in [-0.2, 0) is 13.2 Å². The van der Waals surface area contributed by atoms with Crippen LogP contribution >= 0.6 is 0 Å². The first-order valence-electron chi connectivity index (χ1n) is 7.83. The zero-order valence-corrected chi connectivity index (χ0v) is 13.5. The molecule has 0 unspecified atom stereocenters. The molecule has 4 heteroatoms. The number of benzene rings is 2. The molecule has 23 heavy (non-hydrogen) atoms. The third-order valence-electron chi connectivity index (χ3n) is 3.98. The Labute approximate surface area is 136 Å². The molecule has 0 saturated heterocycles. The Morgan fingerprint density at radius 1 is 1.13 bits per heavy atom. The Hall–Kier alpha value is -2.46. The largest absolute Gasteiger partial charge is 0.504 e. The summed E-state index contributed by atoms with van der Waals surface area (Å²) in [5, 5.41) is 11.0. The summed E-state index contributed by atoms with van der Waals surface area (Å²) in [4.78, 5) is 0. The lowest BCUT2D eigenvalue weighted by atomic mass is 10.1. The van der Waals surface area contributed by atoms with E-state index in [-0.39, 0.29) is 5.75 Å². The van der Waals surface area contributed by atoms with Gasteiger partial charge in [0.1, 0.15) is 6.61 Å². The molecule has 3 aromatic rings. The molecule has 2 aromatic carbocycles. The summed E-state index contributed by atoms with van der Waals surface area (Å²) in [6.45, 7) is 5.24. The minimum absolute atomic E-state index is 0.158. The SMILES string of the molecule is CC(C)n1c(COc2ccccc2O)cc2ccc(CN)cc21. The van der Waals surface area contributed by atoms with E-state index in [0.29, 0.717) is 24.9 Å². The highest BCUT2D eigenvalue weighted by atomic mass is 16.5. The summed E-state index contributed by atoms with van der Waals surface area (Å²) in [7, 11) is 0. The fraction of sp³-hybridized carbons (Fsp3) is 0.263. The minimum Gasteiger partial charge on any atom is -0.504 e. The molecule has 1 heterocycles. The Morgan fingerprint density at radius 3 is 2.61 bits per heavy atom. The number of aromatic nitrogens is 1. The molecule has 0 spiro atoms. The highest BCUT2D eigenvalue weighted by Crippen LogP contribution is 2.29. The standard InChI is InChI=1S/C19H22N2O2/c1-13(2)21-16(12-23-19-6-4-3-5-18(19)22)10-15-8-7-14(11-20)9-17(15)21/h3-10,13,22H,11-12,20H2,1-2H3. The molecular formula is C19H22N2O2. The summed E-state index contributed by atoms with van der Waals surface area (Å²) < 4.78 is 8.06. The molecule has 1 aromatic heterocycles. The van der Waals surface area contributed by atoms with Gasteiger partial charge in [-0.25, -0.2) is 0 Å². The maximum atomic E-state index is 9.83. The van der Waals surface area contributed by atoms with E-state index in [9.17, 15) is 5.11 Å². The van der Waals surface area contributed by atoms with Gasteiger partial charge in [0.05, 0.1) is 5.69 Å². The number of nitrogens with zero attached hydrogens (tertiary/aromatic N) is 1. The lowest BCUT2D eigenvalue weighted by Crippen LogP contribution is -2.08. The van der Waals surface area contributed by atoms with Gasteiger partial charge in [0.2, 0.25) is 0 Å². The molecule has 0 aliphatic rings. The number of phenols is 1. The van der Waals surface area contributed by atoms with Gasteiger partial charge in [-0.15, -0.1) is 0 Å². The van der Waals surface area contributed by atoms with E-state index in [2.05, 4.69) is 42.7 Å². The summed E-state index contributed by atoms with van der Waals surface area (Å²) in [6.07, 6.45) is 0. The van der Waals surface area contributed by atoms with Crippen LogP contribution in [0.1, 0.15) is 31.1 Å². The van der Waals surface area contributed by atoms with Crippen LogP contribution in [0.5, 0.6) is 11.5 Å². The minimum atomic E-state index is 0.158. The number of phenolic OH excluding ortho intramolecular Hbond substituents is 1. The lowest BCUT2D eigenvalue weighted by molar-refractivity contribution is 0.278. The van der Waals surface area contributed by atoms with Gasteiger partial charge < -0.3 is 20.1 Å². The van der Waals surface area contributed by atoms with Gasteiger partial charge in [-0.1, -0.05) is 24.3 Å². The highest BCUT2D eigenvalue weighted by Gasteiger charge is 2.13. The average molecular weight is 310 g/mol. The van der Waals surface area contributed by atoms with Gasteiger partial charge in [-0.3, -0.25) is 0 Å². The van der Waals surface area contributed by atoms with Crippen LogP contribution in [0.2, 0.25) is 0 Å². The van der Waals surface area contributed by atoms with Crippen LogP contribution in [0.15, 0.2) is 48.5 Å². The number of rotatable bonds is 5. The second-order valence-corrected chi connectivity index (χ2v) is 5.95. The fourth-order valence-electron chi connectivity index (χ4n) is 2.90. The predicted octanol–water partition coefficient (Wildman–Crippen LogP) is 3.97. The fourth-order valence-corrected chi connectivity index (χ4v) is 2.90. The van der Waals surface area contributed by atoms with Crippen molar-refractivity contribution < 1.29 is 9.84 Å². The van der Waals surface area contributed by atoms with Crippen molar-refractivity contribution >= 4 is 10.9 Å². The third-order valence-corrected chi connectivity index (χ3v) is 3.98. The smallest absolute Gasteiger partial charge is 0.161 e. The van der Waals surface area contributed by atoms with E-state index in [1.165, 1.54) is 10.9 Å². The molecule has 0 radical (unpaired) electrons. The van der Waals surface area contributed by atoms with E-state index in [1.54, 1.807) is 18.2 Å². The Bertz CT molecular complexity index is 821. The monoisotopic (exact) mass is 310 g/mol. The second-order valence-electron chi connectivity index (χ2n) is 5.95. The molecule has 0 aliphatic heterocycles. The van der Waals surface area contributed by atoms with Crippen molar-refractivity contribution in [3.63, 3.8) is 0 Å². The van der Waals surface area contributed by atoms with Crippen LogP contribution in [0.25, 0.3) is 10.9 Å². The van der Waals surface area contributed by atoms with Crippen LogP contribution in [0, 0.1) is 0 Å². The normalized spacial score (nSPS) is 11.3. The Balaban J connectivity index is 1.96. The van der Waals surface area contributed by atoms with Gasteiger partial charge >= 0.3 is 0 Å². The van der Waals surface area contributed by atoms with Crippen LogP contribution in [-0.4, -0.2) is 9.67 Å². The molecule has 0 aliphatic carbocycles. The molecule has 120 valence electrons. The van der Waals surface area contributed by atoms with E-state index in [4.69, 9.17) is 10.5 Å². The number of para-hydroxylation sites is 2. The van der Waals surface area contributed by atoms with Crippen molar-refractivity contribution in [3.05, 3.63) is 59.8 Å². The van der Waals surface area contributed by atoms with Gasteiger partial charge in [-0.05, 0) is 43.7 Å². The van der Waals surface area contributed by atoms with Crippen molar-refractivity contribution in [2.75, 3.05) is 0 Å². The number of hydrogen-bond donors (Lipinski definition) is 2. The first-order chi connectivity index (χ1) is 11.1. The molecule has 0 amide bonds. The zero-order valence-electron chi connectivity index (χ0n) is 13.5. The molecule has 0 saturated carbocycles. The number of hydrogen-bond acceptors (Lipinski definition) is 3. The average Bonchev–Trinajstić information content (AvgIpc) is 2.91. The molecule has 0 fully saturated rings. The summed E-state index contributed by atoms with van der Waals surface area (Å²) in [6, 6.07) is 15.8. The summed E-state index contributed by atoms with van der Waals surface area (Å²) in [5.74, 6) is 0.654. The molecular weight excluding hydrogens is 288 g/mol. The van der Waals surface area contributed by atoms with Gasteiger partial charge in [0, 0.05) is 23.5 Å². The quantitative estimate of drug-likeness (QED) is 0.749. The predicted molar refractivity (Wildman–Crippen MR) is 92.7 cm³/mol. The van der Waals surface area contributed by atoms with Gasteiger partial charge in [-0.2, -0.15) is 0 Å². The maximum Gasteiger partial charge on any atom is 0.161 e. The third kappa shape index (κ3) is 3.03. The van der Waals surface area contributed by atoms with Crippen LogP contribution < -0.4 is 10.5 Å². The summed E-state index contributed by atoms with van der Waals surface area (Å²) >= 11 is 0. The molecule has 4 nitrogen and oxygen atoms in total. The van der Waals surface area contributed by atoms with Gasteiger partial charge in [0.25, 0.3) is 0 Å². The van der Waals surface area contributed by atoms with Crippen LogP contribution in [0.3, 0.4) is 0 Å². The first kappa shape index (κ1) is 15.4. The van der Waals surface area contributed by atoms with Crippen molar-refractivity contribution in [2.24, 2.45) is 5.73 Å². The number of nitrogens with two attached hydrogens (primary N) is 1. The summed E-state index contributed by atoms with van der Waals surface area (Å²) in [5.41, 5.74) is 9.12. The van der Waals surface area contributed by atoms with E-state index >= 15 is 0 Å². The lowest BCUT2D eigenvalue weighted by Gasteiger charge is -2.16. The topological polar surface area (TPSA) is 60.4 Å². The molecule has 0 atom stereocenters.